The predicted molar refractivity (Wildman–Crippen MR) is 102 cm³/mol. The molecular formula is C23H32O6. The third-order valence-corrected chi connectivity index (χ3v) is 9.59. The van der Waals surface area contributed by atoms with Crippen LogP contribution in [0.2, 0.25) is 0 Å². The number of allylic oxidation sites excluding steroid dienone is 1. The largest absolute Gasteiger partial charge is 0.387 e. The van der Waals surface area contributed by atoms with E-state index in [0.717, 1.165) is 12.8 Å². The molecule has 0 amide bonds. The Morgan fingerprint density at radius 1 is 1.14 bits per heavy atom. The highest BCUT2D eigenvalue weighted by atomic mass is 16.7. The SMILES string of the molecule is C=C1C(=O)[C@@]23C[C@H]1C[C@H]1OC(C)(C)O[C@H]4CCC(C)(C)[C@H]5[C@H](O)[C@@]2(O)OC[C@@]45[C@H]13. The Labute approximate surface area is 171 Å². The topological polar surface area (TPSA) is 85.2 Å². The fraction of sp³-hybridized carbons (Fsp3) is 0.870. The van der Waals surface area contributed by atoms with E-state index in [-0.39, 0.29) is 47.8 Å². The van der Waals surface area contributed by atoms with E-state index in [2.05, 4.69) is 20.4 Å². The first-order valence-corrected chi connectivity index (χ1v) is 11.0. The predicted octanol–water partition coefficient (Wildman–Crippen LogP) is 2.17. The number of ether oxygens (including phenoxy) is 3. The summed E-state index contributed by atoms with van der Waals surface area (Å²) in [6, 6.07) is 0. The highest BCUT2D eigenvalue weighted by Crippen LogP contribution is 2.77. The van der Waals surface area contributed by atoms with E-state index >= 15 is 0 Å². The van der Waals surface area contributed by atoms with Gasteiger partial charge in [-0.3, -0.25) is 4.79 Å². The van der Waals surface area contributed by atoms with Crippen molar-refractivity contribution in [3.8, 4) is 0 Å². The molecule has 0 unspecified atom stereocenters. The molecule has 3 aliphatic heterocycles. The molecule has 3 heterocycles. The van der Waals surface area contributed by atoms with Crippen LogP contribution in [-0.4, -0.2) is 52.5 Å². The number of aliphatic hydroxyl groups excluding tert-OH is 1. The number of fused-ring (bicyclic) bond motifs is 2. The van der Waals surface area contributed by atoms with Crippen LogP contribution >= 0.6 is 0 Å². The zero-order valence-electron chi connectivity index (χ0n) is 17.7. The first kappa shape index (κ1) is 18.9. The normalized spacial score (nSPS) is 58.7. The van der Waals surface area contributed by atoms with Gasteiger partial charge in [0.25, 0.3) is 0 Å². The van der Waals surface area contributed by atoms with Gasteiger partial charge in [0.2, 0.25) is 5.79 Å². The van der Waals surface area contributed by atoms with Crippen LogP contribution < -0.4 is 0 Å². The monoisotopic (exact) mass is 404 g/mol. The number of rotatable bonds is 0. The molecule has 2 N–H and O–H groups in total. The van der Waals surface area contributed by atoms with Crippen LogP contribution in [0, 0.1) is 34.0 Å². The van der Waals surface area contributed by atoms with Crippen molar-refractivity contribution in [3.63, 3.8) is 0 Å². The number of hydrogen-bond acceptors (Lipinski definition) is 6. The maximum absolute atomic E-state index is 13.7. The minimum absolute atomic E-state index is 0.0540. The first-order valence-electron chi connectivity index (χ1n) is 11.0. The molecule has 29 heavy (non-hydrogen) atoms. The van der Waals surface area contributed by atoms with Gasteiger partial charge in [-0.25, -0.2) is 0 Å². The van der Waals surface area contributed by atoms with Crippen LogP contribution in [0.3, 0.4) is 0 Å². The van der Waals surface area contributed by atoms with Gasteiger partial charge in [0.05, 0.1) is 24.2 Å². The summed E-state index contributed by atoms with van der Waals surface area (Å²) in [5, 5.41) is 23.6. The Balaban J connectivity index is 1.68. The van der Waals surface area contributed by atoms with Gasteiger partial charge in [0.15, 0.2) is 11.6 Å². The summed E-state index contributed by atoms with van der Waals surface area (Å²) in [5.41, 5.74) is -1.44. The third kappa shape index (κ3) is 1.79. The maximum Gasteiger partial charge on any atom is 0.205 e. The molecule has 7 aliphatic rings. The zero-order chi connectivity index (χ0) is 20.8. The van der Waals surface area contributed by atoms with Crippen molar-refractivity contribution in [2.75, 3.05) is 6.61 Å². The standard InChI is InChI=1S/C23H32O6/c1-11-12-8-13-15-21-10-27-23(26,22(15,9-12)17(11)24)18(25)16(21)19(2,3)7-6-14(21)29-20(4,5)28-13/h12-16,18,25-26H,1,6-10H2,2-5H3/t12-,13-,14+,15+,16-,18+,21+,22+,23-/m1/s1. The summed E-state index contributed by atoms with van der Waals surface area (Å²) < 4.78 is 19.3. The van der Waals surface area contributed by atoms with Gasteiger partial charge in [-0.1, -0.05) is 20.4 Å². The minimum Gasteiger partial charge on any atom is -0.387 e. The number of hydrogen-bond donors (Lipinski definition) is 2. The van der Waals surface area contributed by atoms with Crippen LogP contribution in [-0.2, 0) is 19.0 Å². The molecule has 160 valence electrons. The average molecular weight is 405 g/mol. The lowest BCUT2D eigenvalue weighted by Gasteiger charge is -2.74. The second kappa shape index (κ2) is 4.99. The molecule has 6 nitrogen and oxygen atoms in total. The van der Waals surface area contributed by atoms with Crippen molar-refractivity contribution in [2.45, 2.75) is 83.3 Å². The van der Waals surface area contributed by atoms with Crippen molar-refractivity contribution in [2.24, 2.45) is 34.0 Å². The number of carbonyl (C=O) groups excluding carboxylic acids is 1. The number of aliphatic hydroxyl groups is 2. The molecule has 0 aromatic heterocycles. The van der Waals surface area contributed by atoms with E-state index in [4.69, 9.17) is 14.2 Å². The molecule has 0 radical (unpaired) electrons. The summed E-state index contributed by atoms with van der Waals surface area (Å²) in [4.78, 5) is 13.7. The molecule has 6 heteroatoms. The van der Waals surface area contributed by atoms with Crippen molar-refractivity contribution < 1.29 is 29.2 Å². The van der Waals surface area contributed by atoms with E-state index < -0.39 is 28.5 Å². The van der Waals surface area contributed by atoms with Crippen molar-refractivity contribution >= 4 is 5.78 Å². The molecule has 7 fully saturated rings. The quantitative estimate of drug-likeness (QED) is 0.602. The lowest BCUT2D eigenvalue weighted by molar-refractivity contribution is -0.450. The van der Waals surface area contributed by atoms with Gasteiger partial charge in [0, 0.05) is 17.3 Å². The van der Waals surface area contributed by atoms with Gasteiger partial charge in [-0.05, 0) is 56.4 Å². The van der Waals surface area contributed by atoms with Gasteiger partial charge >= 0.3 is 0 Å². The summed E-state index contributed by atoms with van der Waals surface area (Å²) >= 11 is 0. The van der Waals surface area contributed by atoms with Crippen LogP contribution in [0.5, 0.6) is 0 Å². The van der Waals surface area contributed by atoms with Gasteiger partial charge in [-0.2, -0.15) is 0 Å². The van der Waals surface area contributed by atoms with Crippen molar-refractivity contribution in [1.82, 2.24) is 0 Å². The van der Waals surface area contributed by atoms with Crippen LogP contribution in [0.25, 0.3) is 0 Å². The number of Topliss-reactive ketones (excluding diaryl/α,β-unsaturated/α-hetero) is 1. The van der Waals surface area contributed by atoms with Gasteiger partial charge < -0.3 is 24.4 Å². The number of ketones is 1. The number of carbonyl (C=O) groups is 1. The van der Waals surface area contributed by atoms with E-state index in [1.165, 1.54) is 0 Å². The lowest BCUT2D eigenvalue weighted by Crippen LogP contribution is -2.84. The molecule has 4 saturated carbocycles. The van der Waals surface area contributed by atoms with Crippen LogP contribution in [0.15, 0.2) is 12.2 Å². The molecule has 9 atom stereocenters. The second-order valence-corrected chi connectivity index (χ2v) is 11.7. The fourth-order valence-electron chi connectivity index (χ4n) is 8.84. The molecular weight excluding hydrogens is 372 g/mol. The van der Waals surface area contributed by atoms with Crippen LogP contribution in [0.4, 0.5) is 0 Å². The molecule has 0 aromatic carbocycles. The Kier molecular flexibility index (Phi) is 3.26. The molecule has 2 spiro atoms. The van der Waals surface area contributed by atoms with E-state index in [0.29, 0.717) is 18.4 Å². The Hall–Kier alpha value is -0.790. The summed E-state index contributed by atoms with van der Waals surface area (Å²) in [5.74, 6) is -3.39. The summed E-state index contributed by atoms with van der Waals surface area (Å²) in [6.07, 6.45) is 1.30. The lowest BCUT2D eigenvalue weighted by atomic mass is 9.35. The Morgan fingerprint density at radius 3 is 2.59 bits per heavy atom. The Bertz CT molecular complexity index is 833. The first-order chi connectivity index (χ1) is 13.4. The molecule has 4 aliphatic carbocycles. The zero-order valence-corrected chi connectivity index (χ0v) is 17.7. The van der Waals surface area contributed by atoms with Crippen molar-refractivity contribution in [3.05, 3.63) is 12.2 Å². The molecule has 7 rings (SSSR count). The summed E-state index contributed by atoms with van der Waals surface area (Å²) in [6.45, 7) is 12.6. The maximum atomic E-state index is 13.7. The van der Waals surface area contributed by atoms with Crippen molar-refractivity contribution in [1.29, 1.82) is 0 Å². The van der Waals surface area contributed by atoms with Gasteiger partial charge in [0.1, 0.15) is 6.10 Å². The average Bonchev–Trinajstić information content (AvgIpc) is 2.75. The van der Waals surface area contributed by atoms with E-state index in [1.807, 2.05) is 13.8 Å². The summed E-state index contributed by atoms with van der Waals surface area (Å²) in [7, 11) is 0. The van der Waals surface area contributed by atoms with E-state index in [1.54, 1.807) is 0 Å². The van der Waals surface area contributed by atoms with Crippen LogP contribution in [0.1, 0.15) is 53.4 Å². The van der Waals surface area contributed by atoms with E-state index in [9.17, 15) is 15.0 Å². The minimum atomic E-state index is -1.91. The smallest absolute Gasteiger partial charge is 0.205 e. The molecule has 3 saturated heterocycles. The molecule has 0 aromatic rings. The second-order valence-electron chi connectivity index (χ2n) is 11.7. The highest BCUT2D eigenvalue weighted by Gasteiger charge is 2.86. The Morgan fingerprint density at radius 2 is 1.86 bits per heavy atom. The fourth-order valence-corrected chi connectivity index (χ4v) is 8.84. The molecule has 4 bridgehead atoms. The van der Waals surface area contributed by atoms with Gasteiger partial charge in [-0.15, -0.1) is 0 Å². The highest BCUT2D eigenvalue weighted by molar-refractivity contribution is 6.04. The third-order valence-electron chi connectivity index (χ3n) is 9.59.